The number of aliphatic hydroxyl groups is 1. The summed E-state index contributed by atoms with van der Waals surface area (Å²) in [5, 5.41) is 9.15. The summed E-state index contributed by atoms with van der Waals surface area (Å²) in [4.78, 5) is 2.48. The average Bonchev–Trinajstić information content (AvgIpc) is 2.09. The molecule has 1 fully saturated rings. The van der Waals surface area contributed by atoms with Crippen LogP contribution in [0.15, 0.2) is 0 Å². The van der Waals surface area contributed by atoms with Crippen molar-refractivity contribution in [1.29, 1.82) is 0 Å². The monoisotopic (exact) mass is 185 g/mol. The third-order valence-corrected chi connectivity index (χ3v) is 2.96. The van der Waals surface area contributed by atoms with Gasteiger partial charge in [0.25, 0.3) is 0 Å². The minimum atomic E-state index is 0.0700. The molecule has 1 rings (SSSR count). The van der Waals surface area contributed by atoms with E-state index in [-0.39, 0.29) is 5.41 Å². The van der Waals surface area contributed by atoms with E-state index in [0.29, 0.717) is 6.61 Å². The molecule has 0 bridgehead atoms. The predicted octanol–water partition coefficient (Wildman–Crippen LogP) is 1.74. The van der Waals surface area contributed by atoms with Crippen LogP contribution >= 0.6 is 0 Å². The van der Waals surface area contributed by atoms with Crippen LogP contribution in [0, 0.1) is 11.3 Å². The van der Waals surface area contributed by atoms with E-state index >= 15 is 0 Å². The average molecular weight is 185 g/mol. The zero-order valence-corrected chi connectivity index (χ0v) is 9.21. The molecular formula is C11H23NO. The zero-order valence-electron chi connectivity index (χ0n) is 9.21. The Morgan fingerprint density at radius 1 is 1.31 bits per heavy atom. The largest absolute Gasteiger partial charge is 0.396 e. The highest BCUT2D eigenvalue weighted by molar-refractivity contribution is 4.76. The summed E-state index contributed by atoms with van der Waals surface area (Å²) < 4.78 is 0. The molecule has 1 saturated heterocycles. The van der Waals surface area contributed by atoms with Gasteiger partial charge in [0.2, 0.25) is 0 Å². The lowest BCUT2D eigenvalue weighted by Crippen LogP contribution is -2.40. The SMILES string of the molecule is CC1CCN(CC(C)(C)CO)CC1. The molecule has 0 aromatic heterocycles. The van der Waals surface area contributed by atoms with Gasteiger partial charge in [-0.25, -0.2) is 0 Å². The Balaban J connectivity index is 2.30. The van der Waals surface area contributed by atoms with Crippen LogP contribution in [-0.4, -0.2) is 36.2 Å². The second kappa shape index (κ2) is 4.43. The molecule has 0 saturated carbocycles. The van der Waals surface area contributed by atoms with Crippen molar-refractivity contribution < 1.29 is 5.11 Å². The fraction of sp³-hybridized carbons (Fsp3) is 1.00. The highest BCUT2D eigenvalue weighted by Gasteiger charge is 2.23. The normalized spacial score (nSPS) is 22.2. The van der Waals surface area contributed by atoms with Crippen molar-refractivity contribution in [3.8, 4) is 0 Å². The second-order valence-electron chi connectivity index (χ2n) is 5.28. The molecule has 0 unspecified atom stereocenters. The van der Waals surface area contributed by atoms with E-state index in [0.717, 1.165) is 12.5 Å². The Kier molecular flexibility index (Phi) is 3.74. The zero-order chi connectivity index (χ0) is 9.90. The van der Waals surface area contributed by atoms with Gasteiger partial charge in [0.1, 0.15) is 0 Å². The molecule has 78 valence electrons. The van der Waals surface area contributed by atoms with Crippen molar-refractivity contribution in [2.75, 3.05) is 26.2 Å². The van der Waals surface area contributed by atoms with Crippen molar-refractivity contribution in [3.63, 3.8) is 0 Å². The molecule has 0 amide bonds. The molecule has 0 aromatic rings. The van der Waals surface area contributed by atoms with Crippen LogP contribution in [0.2, 0.25) is 0 Å². The number of nitrogens with zero attached hydrogens (tertiary/aromatic N) is 1. The third-order valence-electron chi connectivity index (χ3n) is 2.96. The van der Waals surface area contributed by atoms with Gasteiger partial charge in [0, 0.05) is 18.6 Å². The van der Waals surface area contributed by atoms with Crippen LogP contribution in [0.1, 0.15) is 33.6 Å². The molecular weight excluding hydrogens is 162 g/mol. The van der Waals surface area contributed by atoms with Gasteiger partial charge in [-0.15, -0.1) is 0 Å². The summed E-state index contributed by atoms with van der Waals surface area (Å²) in [7, 11) is 0. The molecule has 0 radical (unpaired) electrons. The maximum absolute atomic E-state index is 9.15. The molecule has 1 N–H and O–H groups in total. The van der Waals surface area contributed by atoms with Gasteiger partial charge >= 0.3 is 0 Å². The molecule has 1 aliphatic heterocycles. The Bertz CT molecular complexity index is 148. The fourth-order valence-electron chi connectivity index (χ4n) is 1.88. The topological polar surface area (TPSA) is 23.5 Å². The first-order valence-corrected chi connectivity index (χ1v) is 5.37. The molecule has 0 aliphatic carbocycles. The number of aliphatic hydroxyl groups excluding tert-OH is 1. The quantitative estimate of drug-likeness (QED) is 0.724. The van der Waals surface area contributed by atoms with E-state index in [9.17, 15) is 0 Å². The molecule has 2 heteroatoms. The first-order chi connectivity index (χ1) is 6.03. The highest BCUT2D eigenvalue weighted by atomic mass is 16.3. The summed E-state index contributed by atoms with van der Waals surface area (Å²) >= 11 is 0. The maximum atomic E-state index is 9.15. The Morgan fingerprint density at radius 3 is 2.31 bits per heavy atom. The number of likely N-dealkylation sites (tertiary alicyclic amines) is 1. The third kappa shape index (κ3) is 3.65. The van der Waals surface area contributed by atoms with Crippen LogP contribution in [-0.2, 0) is 0 Å². The lowest BCUT2D eigenvalue weighted by Gasteiger charge is -2.35. The van der Waals surface area contributed by atoms with Crippen molar-refractivity contribution in [2.24, 2.45) is 11.3 Å². The molecule has 1 heterocycles. The Labute approximate surface area is 81.9 Å². The first kappa shape index (κ1) is 11.0. The predicted molar refractivity (Wildman–Crippen MR) is 55.7 cm³/mol. The second-order valence-corrected chi connectivity index (χ2v) is 5.28. The van der Waals surface area contributed by atoms with E-state index in [1.807, 2.05) is 0 Å². The van der Waals surface area contributed by atoms with Crippen molar-refractivity contribution in [2.45, 2.75) is 33.6 Å². The van der Waals surface area contributed by atoms with Crippen LogP contribution in [0.4, 0.5) is 0 Å². The standard InChI is InChI=1S/C11H23NO/c1-10-4-6-12(7-5-10)8-11(2,3)9-13/h10,13H,4-9H2,1-3H3. The van der Waals surface area contributed by atoms with E-state index in [1.165, 1.54) is 25.9 Å². The lowest BCUT2D eigenvalue weighted by atomic mass is 9.91. The summed E-state index contributed by atoms with van der Waals surface area (Å²) in [6, 6.07) is 0. The minimum absolute atomic E-state index is 0.0700. The van der Waals surface area contributed by atoms with Gasteiger partial charge in [0.05, 0.1) is 0 Å². The number of piperidine rings is 1. The number of hydrogen-bond acceptors (Lipinski definition) is 2. The highest BCUT2D eigenvalue weighted by Crippen LogP contribution is 2.21. The van der Waals surface area contributed by atoms with Gasteiger partial charge in [-0.2, -0.15) is 0 Å². The van der Waals surface area contributed by atoms with Gasteiger partial charge in [-0.1, -0.05) is 20.8 Å². The van der Waals surface area contributed by atoms with Crippen molar-refractivity contribution >= 4 is 0 Å². The van der Waals surface area contributed by atoms with E-state index < -0.39 is 0 Å². The van der Waals surface area contributed by atoms with Gasteiger partial charge in [0.15, 0.2) is 0 Å². The summed E-state index contributed by atoms with van der Waals surface area (Å²) in [6.45, 7) is 10.3. The van der Waals surface area contributed by atoms with Crippen LogP contribution < -0.4 is 0 Å². The minimum Gasteiger partial charge on any atom is -0.396 e. The lowest BCUT2D eigenvalue weighted by molar-refractivity contribution is 0.0835. The number of hydrogen-bond donors (Lipinski definition) is 1. The molecule has 0 aromatic carbocycles. The van der Waals surface area contributed by atoms with Crippen LogP contribution in [0.5, 0.6) is 0 Å². The fourth-order valence-corrected chi connectivity index (χ4v) is 1.88. The maximum Gasteiger partial charge on any atom is 0.0494 e. The van der Waals surface area contributed by atoms with Gasteiger partial charge in [-0.3, -0.25) is 0 Å². The Morgan fingerprint density at radius 2 is 1.85 bits per heavy atom. The summed E-state index contributed by atoms with van der Waals surface area (Å²) in [5.74, 6) is 0.897. The van der Waals surface area contributed by atoms with Crippen LogP contribution in [0.25, 0.3) is 0 Å². The molecule has 0 atom stereocenters. The molecule has 0 spiro atoms. The molecule has 2 nitrogen and oxygen atoms in total. The first-order valence-electron chi connectivity index (χ1n) is 5.37. The van der Waals surface area contributed by atoms with Gasteiger partial charge < -0.3 is 10.0 Å². The van der Waals surface area contributed by atoms with Crippen molar-refractivity contribution in [1.82, 2.24) is 4.90 Å². The van der Waals surface area contributed by atoms with E-state index in [2.05, 4.69) is 25.7 Å². The summed E-state index contributed by atoms with van der Waals surface area (Å²) in [5.41, 5.74) is 0.0700. The van der Waals surface area contributed by atoms with Gasteiger partial charge in [-0.05, 0) is 31.8 Å². The summed E-state index contributed by atoms with van der Waals surface area (Å²) in [6.07, 6.45) is 2.64. The molecule has 1 aliphatic rings. The van der Waals surface area contributed by atoms with Crippen molar-refractivity contribution in [3.05, 3.63) is 0 Å². The van der Waals surface area contributed by atoms with E-state index in [1.54, 1.807) is 0 Å². The van der Waals surface area contributed by atoms with Crippen LogP contribution in [0.3, 0.4) is 0 Å². The Hall–Kier alpha value is -0.0800. The number of rotatable bonds is 3. The molecule has 13 heavy (non-hydrogen) atoms. The smallest absolute Gasteiger partial charge is 0.0494 e. The van der Waals surface area contributed by atoms with E-state index in [4.69, 9.17) is 5.11 Å².